The van der Waals surface area contributed by atoms with E-state index < -0.39 is 0 Å². The van der Waals surface area contributed by atoms with E-state index in [9.17, 15) is 0 Å². The van der Waals surface area contributed by atoms with E-state index >= 15 is 0 Å². The van der Waals surface area contributed by atoms with Crippen molar-refractivity contribution in [2.75, 3.05) is 0 Å². The summed E-state index contributed by atoms with van der Waals surface area (Å²) in [5.41, 5.74) is 9.80. The van der Waals surface area contributed by atoms with Gasteiger partial charge in [0.2, 0.25) is 0 Å². The van der Waals surface area contributed by atoms with Gasteiger partial charge >= 0.3 is 0 Å². The summed E-state index contributed by atoms with van der Waals surface area (Å²) in [5.74, 6) is 0. The van der Waals surface area contributed by atoms with Gasteiger partial charge in [-0.05, 0) is 85.5 Å². The second kappa shape index (κ2) is 18.0. The molecule has 0 atom stereocenters. The summed E-state index contributed by atoms with van der Waals surface area (Å²) >= 11 is 0. The van der Waals surface area contributed by atoms with E-state index in [0.29, 0.717) is 0 Å². The lowest BCUT2D eigenvalue weighted by atomic mass is 9.95. The molecule has 0 aliphatic rings. The van der Waals surface area contributed by atoms with Crippen LogP contribution in [0.3, 0.4) is 0 Å². The molecule has 3 aromatic carbocycles. The maximum atomic E-state index is 8.62. The Bertz CT molecular complexity index is 1100. The molecular weight excluding hydrogens is 434 g/mol. The number of aryl methyl sites for hydroxylation is 3. The SMILES string of the molecule is C=C(C)CCC.C=Cc1ccc(-c2ccccc2C)c(C)c1.CCCCCCc1ccc(C#N)cc1. The molecule has 0 N–H and O–H groups in total. The summed E-state index contributed by atoms with van der Waals surface area (Å²) in [4.78, 5) is 0. The molecule has 1 heteroatoms. The number of nitrogens with zero attached hydrogens (tertiary/aromatic N) is 1. The van der Waals surface area contributed by atoms with Crippen LogP contribution in [0, 0.1) is 25.2 Å². The van der Waals surface area contributed by atoms with Crippen molar-refractivity contribution < 1.29 is 0 Å². The fourth-order valence-corrected chi connectivity index (χ4v) is 3.92. The molecule has 0 heterocycles. The molecule has 0 unspecified atom stereocenters. The lowest BCUT2D eigenvalue weighted by Gasteiger charge is -2.09. The number of hydrogen-bond donors (Lipinski definition) is 0. The zero-order valence-corrected chi connectivity index (χ0v) is 23.2. The van der Waals surface area contributed by atoms with Gasteiger partial charge in [0, 0.05) is 0 Å². The molecule has 190 valence electrons. The fourth-order valence-electron chi connectivity index (χ4n) is 3.92. The summed E-state index contributed by atoms with van der Waals surface area (Å²) in [6, 6.07) is 25.0. The van der Waals surface area contributed by atoms with E-state index in [0.717, 1.165) is 12.0 Å². The number of unbranched alkanes of at least 4 members (excludes halogenated alkanes) is 3. The van der Waals surface area contributed by atoms with Crippen LogP contribution in [0.15, 0.2) is 85.5 Å². The van der Waals surface area contributed by atoms with E-state index in [1.54, 1.807) is 0 Å². The van der Waals surface area contributed by atoms with Crippen LogP contribution in [0.4, 0.5) is 0 Å². The van der Waals surface area contributed by atoms with Crippen molar-refractivity contribution in [1.82, 2.24) is 0 Å². The maximum absolute atomic E-state index is 8.62. The maximum Gasteiger partial charge on any atom is 0.0991 e. The van der Waals surface area contributed by atoms with Crippen LogP contribution in [-0.4, -0.2) is 0 Å². The Balaban J connectivity index is 0.000000298. The van der Waals surface area contributed by atoms with Gasteiger partial charge in [0.25, 0.3) is 0 Å². The van der Waals surface area contributed by atoms with Gasteiger partial charge in [-0.3, -0.25) is 0 Å². The van der Waals surface area contributed by atoms with Crippen LogP contribution in [0.2, 0.25) is 0 Å². The van der Waals surface area contributed by atoms with Crippen LogP contribution < -0.4 is 0 Å². The first-order valence-corrected chi connectivity index (χ1v) is 13.3. The van der Waals surface area contributed by atoms with Crippen molar-refractivity contribution in [1.29, 1.82) is 5.26 Å². The molecular formula is C35H45N. The van der Waals surface area contributed by atoms with Gasteiger partial charge in [-0.2, -0.15) is 5.26 Å². The molecule has 0 bridgehead atoms. The van der Waals surface area contributed by atoms with Crippen molar-refractivity contribution >= 4 is 6.08 Å². The Kier molecular flexibility index (Phi) is 15.3. The molecule has 0 radical (unpaired) electrons. The smallest absolute Gasteiger partial charge is 0.0991 e. The Morgan fingerprint density at radius 2 is 1.50 bits per heavy atom. The lowest BCUT2D eigenvalue weighted by Crippen LogP contribution is -1.87. The van der Waals surface area contributed by atoms with Gasteiger partial charge in [-0.25, -0.2) is 0 Å². The number of benzene rings is 3. The second-order valence-electron chi connectivity index (χ2n) is 9.42. The minimum Gasteiger partial charge on any atom is -0.192 e. The van der Waals surface area contributed by atoms with E-state index in [-0.39, 0.29) is 0 Å². The summed E-state index contributed by atoms with van der Waals surface area (Å²) < 4.78 is 0. The van der Waals surface area contributed by atoms with Crippen LogP contribution in [-0.2, 0) is 6.42 Å². The van der Waals surface area contributed by atoms with Crippen LogP contribution in [0.5, 0.6) is 0 Å². The van der Waals surface area contributed by atoms with E-state index in [1.807, 2.05) is 18.2 Å². The molecule has 0 fully saturated rings. The van der Waals surface area contributed by atoms with Gasteiger partial charge < -0.3 is 0 Å². The highest BCUT2D eigenvalue weighted by atomic mass is 14.2. The Hall–Kier alpha value is -3.37. The molecule has 0 aliphatic heterocycles. The highest BCUT2D eigenvalue weighted by Crippen LogP contribution is 2.27. The first kappa shape index (κ1) is 30.7. The predicted octanol–water partition coefficient (Wildman–Crippen LogP) is 10.7. The van der Waals surface area contributed by atoms with Crippen molar-refractivity contribution in [3.05, 3.63) is 113 Å². The zero-order chi connectivity index (χ0) is 26.8. The molecule has 0 saturated heterocycles. The molecule has 36 heavy (non-hydrogen) atoms. The molecule has 0 spiro atoms. The predicted molar refractivity (Wildman–Crippen MR) is 160 cm³/mol. The number of allylic oxidation sites excluding steroid dienone is 1. The van der Waals surface area contributed by atoms with Gasteiger partial charge in [0.05, 0.1) is 11.6 Å². The van der Waals surface area contributed by atoms with Crippen molar-refractivity contribution in [2.45, 2.75) is 79.6 Å². The lowest BCUT2D eigenvalue weighted by molar-refractivity contribution is 0.667. The Labute approximate surface area is 221 Å². The highest BCUT2D eigenvalue weighted by Gasteiger charge is 2.04. The molecule has 0 saturated carbocycles. The Morgan fingerprint density at radius 3 is 2.00 bits per heavy atom. The van der Waals surface area contributed by atoms with Crippen molar-refractivity contribution in [3.63, 3.8) is 0 Å². The van der Waals surface area contributed by atoms with Gasteiger partial charge in [0.15, 0.2) is 0 Å². The van der Waals surface area contributed by atoms with Crippen LogP contribution in [0.1, 0.15) is 87.1 Å². The number of rotatable bonds is 9. The van der Waals surface area contributed by atoms with Gasteiger partial charge in [0.1, 0.15) is 0 Å². The summed E-state index contributed by atoms with van der Waals surface area (Å²) in [6.45, 7) is 18.3. The summed E-state index contributed by atoms with van der Waals surface area (Å²) in [7, 11) is 0. The number of nitriles is 1. The van der Waals surface area contributed by atoms with Crippen LogP contribution >= 0.6 is 0 Å². The van der Waals surface area contributed by atoms with Crippen molar-refractivity contribution in [3.8, 4) is 17.2 Å². The molecule has 0 aromatic heterocycles. The third-order valence-corrected chi connectivity index (χ3v) is 6.00. The average molecular weight is 480 g/mol. The molecule has 3 rings (SSSR count). The van der Waals surface area contributed by atoms with Crippen molar-refractivity contribution in [2.24, 2.45) is 0 Å². The topological polar surface area (TPSA) is 23.8 Å². The third-order valence-electron chi connectivity index (χ3n) is 6.00. The minimum atomic E-state index is 0.752. The van der Waals surface area contributed by atoms with Gasteiger partial charge in [-0.15, -0.1) is 6.58 Å². The second-order valence-corrected chi connectivity index (χ2v) is 9.42. The van der Waals surface area contributed by atoms with Crippen LogP contribution in [0.25, 0.3) is 17.2 Å². The van der Waals surface area contributed by atoms with E-state index in [4.69, 9.17) is 5.26 Å². The van der Waals surface area contributed by atoms with Gasteiger partial charge in [-0.1, -0.05) is 112 Å². The average Bonchev–Trinajstić information content (AvgIpc) is 2.88. The molecule has 3 aromatic rings. The monoisotopic (exact) mass is 479 g/mol. The molecule has 1 nitrogen and oxygen atoms in total. The first-order chi connectivity index (χ1) is 17.4. The standard InChI is InChI=1S/C16H16.C13H17N.C6H12/c1-4-14-9-10-16(13(3)11-14)15-8-6-5-7-12(15)2;1-2-3-4-5-6-12-7-9-13(11-14)10-8-12;1-4-5-6(2)3/h4-11H,1H2,2-3H3;7-10H,2-6H2,1H3;2,4-5H2,1,3H3. The first-order valence-electron chi connectivity index (χ1n) is 13.3. The van der Waals surface area contributed by atoms with E-state index in [2.05, 4.69) is 108 Å². The largest absolute Gasteiger partial charge is 0.192 e. The van der Waals surface area contributed by atoms with E-state index in [1.165, 1.54) is 77.5 Å². The normalized spacial score (nSPS) is 9.67. The minimum absolute atomic E-state index is 0.752. The molecule has 0 amide bonds. The quantitative estimate of drug-likeness (QED) is 0.221. The Morgan fingerprint density at radius 1 is 0.833 bits per heavy atom. The fraction of sp³-hybridized carbons (Fsp3) is 0.343. The zero-order valence-electron chi connectivity index (χ0n) is 23.2. The number of hydrogen-bond acceptors (Lipinski definition) is 1. The third kappa shape index (κ3) is 11.9. The molecule has 0 aliphatic carbocycles. The summed E-state index contributed by atoms with van der Waals surface area (Å²) in [6.07, 6.45) is 10.6. The summed E-state index contributed by atoms with van der Waals surface area (Å²) in [5, 5.41) is 8.62. The highest BCUT2D eigenvalue weighted by molar-refractivity contribution is 5.72.